The molecule has 0 aliphatic carbocycles. The lowest BCUT2D eigenvalue weighted by molar-refractivity contribution is 0.0982. The minimum atomic E-state index is -0.329. The fourth-order valence-corrected chi connectivity index (χ4v) is 2.36. The molecule has 1 aromatic rings. The predicted octanol–water partition coefficient (Wildman–Crippen LogP) is 3.20. The van der Waals surface area contributed by atoms with E-state index in [4.69, 9.17) is 10.4 Å². The largest absolute Gasteiger partial charge is 0.508 e. The summed E-state index contributed by atoms with van der Waals surface area (Å²) >= 11 is 1.01. The van der Waals surface area contributed by atoms with Crippen LogP contribution in [0.1, 0.15) is 30.6 Å². The molecule has 1 rings (SSSR count). The van der Waals surface area contributed by atoms with Gasteiger partial charge in [0.25, 0.3) is 0 Å². The molecule has 0 aliphatic heterocycles. The van der Waals surface area contributed by atoms with Crippen molar-refractivity contribution in [2.45, 2.75) is 25.5 Å². The van der Waals surface area contributed by atoms with Crippen molar-refractivity contribution in [1.82, 2.24) is 0 Å². The summed E-state index contributed by atoms with van der Waals surface area (Å²) in [5.74, 6) is 0.446. The molecule has 3 nitrogen and oxygen atoms in total. The Kier molecular flexibility index (Phi) is 5.05. The number of hydrogen-bond donors (Lipinski definition) is 1. The number of aromatic hydroxyl groups is 1. The van der Waals surface area contributed by atoms with Crippen LogP contribution >= 0.6 is 11.8 Å². The van der Waals surface area contributed by atoms with Crippen molar-refractivity contribution >= 4 is 17.5 Å². The molecule has 0 saturated carbocycles. The van der Waals surface area contributed by atoms with E-state index in [2.05, 4.69) is 0 Å². The molecule has 1 aromatic carbocycles. The van der Waals surface area contributed by atoms with Crippen LogP contribution in [0.3, 0.4) is 0 Å². The van der Waals surface area contributed by atoms with Crippen molar-refractivity contribution in [2.24, 2.45) is 5.92 Å². The van der Waals surface area contributed by atoms with E-state index >= 15 is 0 Å². The maximum Gasteiger partial charge on any atom is 0.176 e. The van der Waals surface area contributed by atoms with Gasteiger partial charge < -0.3 is 5.11 Å². The third kappa shape index (κ3) is 4.12. The van der Waals surface area contributed by atoms with Crippen LogP contribution in [0.2, 0.25) is 0 Å². The van der Waals surface area contributed by atoms with Crippen molar-refractivity contribution < 1.29 is 9.90 Å². The van der Waals surface area contributed by atoms with Crippen molar-refractivity contribution in [3.05, 3.63) is 29.8 Å². The molecule has 4 heteroatoms. The van der Waals surface area contributed by atoms with Gasteiger partial charge in [0, 0.05) is 5.56 Å². The number of nitriles is 1. The zero-order valence-corrected chi connectivity index (χ0v) is 10.7. The Hall–Kier alpha value is -1.47. The Morgan fingerprint density at radius 3 is 2.47 bits per heavy atom. The highest BCUT2D eigenvalue weighted by molar-refractivity contribution is 8.05. The predicted molar refractivity (Wildman–Crippen MR) is 68.9 cm³/mol. The van der Waals surface area contributed by atoms with Gasteiger partial charge in [-0.15, -0.1) is 0 Å². The monoisotopic (exact) mass is 249 g/mol. The maximum atomic E-state index is 12.1. The average molecular weight is 249 g/mol. The van der Waals surface area contributed by atoms with Gasteiger partial charge in [-0.1, -0.05) is 13.8 Å². The number of ketones is 1. The van der Waals surface area contributed by atoms with E-state index in [1.54, 1.807) is 12.1 Å². The van der Waals surface area contributed by atoms with Gasteiger partial charge in [0.2, 0.25) is 0 Å². The molecule has 0 saturated heterocycles. The van der Waals surface area contributed by atoms with Gasteiger partial charge in [-0.25, -0.2) is 0 Å². The number of hydrogen-bond acceptors (Lipinski definition) is 4. The molecule has 17 heavy (non-hydrogen) atoms. The molecule has 0 bridgehead atoms. The van der Waals surface area contributed by atoms with Crippen molar-refractivity contribution in [3.63, 3.8) is 0 Å². The minimum Gasteiger partial charge on any atom is -0.508 e. The van der Waals surface area contributed by atoms with Gasteiger partial charge in [0.1, 0.15) is 11.2 Å². The molecule has 0 spiro atoms. The molecular weight excluding hydrogens is 234 g/mol. The lowest BCUT2D eigenvalue weighted by Crippen LogP contribution is -2.19. The number of Topliss-reactive ketones (excluding diaryl/α,β-unsaturated/α-hetero) is 1. The summed E-state index contributed by atoms with van der Waals surface area (Å²) in [4.78, 5) is 12.1. The second-order valence-electron chi connectivity index (χ2n) is 4.24. The summed E-state index contributed by atoms with van der Waals surface area (Å²) < 4.78 is 0. The SMILES string of the molecule is CC(C)CC(SC#N)C(=O)c1ccc(O)cc1. The molecule has 90 valence electrons. The van der Waals surface area contributed by atoms with Gasteiger partial charge in [0.05, 0.1) is 5.25 Å². The number of carbonyl (C=O) groups excluding carboxylic acids is 1. The van der Waals surface area contributed by atoms with E-state index in [-0.39, 0.29) is 16.8 Å². The molecule has 1 atom stereocenters. The Bertz CT molecular complexity index is 420. The summed E-state index contributed by atoms with van der Waals surface area (Å²) in [5.41, 5.74) is 0.538. The second kappa shape index (κ2) is 6.31. The van der Waals surface area contributed by atoms with E-state index in [0.717, 1.165) is 11.8 Å². The normalized spacial score (nSPS) is 12.1. The summed E-state index contributed by atoms with van der Waals surface area (Å²) in [6, 6.07) is 6.14. The first kappa shape index (κ1) is 13.6. The number of nitrogens with zero attached hydrogens (tertiary/aromatic N) is 1. The Morgan fingerprint density at radius 1 is 1.41 bits per heavy atom. The lowest BCUT2D eigenvalue weighted by atomic mass is 10.0. The Morgan fingerprint density at radius 2 is 2.00 bits per heavy atom. The number of benzene rings is 1. The second-order valence-corrected chi connectivity index (χ2v) is 5.23. The first-order valence-electron chi connectivity index (χ1n) is 5.42. The molecule has 0 aromatic heterocycles. The number of rotatable bonds is 5. The molecule has 0 amide bonds. The highest BCUT2D eigenvalue weighted by atomic mass is 32.2. The fourth-order valence-electron chi connectivity index (χ4n) is 1.51. The molecule has 0 fully saturated rings. The quantitative estimate of drug-likeness (QED) is 0.643. The van der Waals surface area contributed by atoms with Crippen molar-refractivity contribution in [1.29, 1.82) is 5.26 Å². The molecule has 1 N–H and O–H groups in total. The zero-order chi connectivity index (χ0) is 12.8. The third-order valence-electron chi connectivity index (χ3n) is 2.32. The van der Waals surface area contributed by atoms with E-state index in [1.165, 1.54) is 12.1 Å². The summed E-state index contributed by atoms with van der Waals surface area (Å²) in [7, 11) is 0. The fraction of sp³-hybridized carbons (Fsp3) is 0.385. The van der Waals surface area contributed by atoms with Gasteiger partial charge in [0.15, 0.2) is 5.78 Å². The van der Waals surface area contributed by atoms with Crippen molar-refractivity contribution in [3.8, 4) is 11.2 Å². The zero-order valence-electron chi connectivity index (χ0n) is 9.88. The summed E-state index contributed by atoms with van der Waals surface area (Å²) in [5, 5.41) is 19.5. The number of phenols is 1. The summed E-state index contributed by atoms with van der Waals surface area (Å²) in [6.45, 7) is 4.05. The molecule has 0 aliphatic rings. The van der Waals surface area contributed by atoms with Gasteiger partial charge in [-0.3, -0.25) is 4.79 Å². The van der Waals surface area contributed by atoms with Crippen molar-refractivity contribution in [2.75, 3.05) is 0 Å². The molecule has 0 radical (unpaired) electrons. The number of phenolic OH excluding ortho intramolecular Hbond substituents is 1. The number of thioether (sulfide) groups is 1. The minimum absolute atomic E-state index is 0.0507. The van der Waals surface area contributed by atoms with Crippen LogP contribution in [0, 0.1) is 16.6 Å². The molecule has 0 heterocycles. The van der Waals surface area contributed by atoms with Crippen LogP contribution in [0.15, 0.2) is 24.3 Å². The number of thiocyanates is 1. The highest BCUT2D eigenvalue weighted by Gasteiger charge is 2.21. The number of carbonyl (C=O) groups is 1. The van der Waals surface area contributed by atoms with Crippen LogP contribution in [0.4, 0.5) is 0 Å². The van der Waals surface area contributed by atoms with Crippen LogP contribution in [0.25, 0.3) is 0 Å². The Labute approximate surface area is 105 Å². The standard InChI is InChI=1S/C13H15NO2S/c1-9(2)7-12(17-8-14)13(16)10-3-5-11(15)6-4-10/h3-6,9,12,15H,7H2,1-2H3. The van der Waals surface area contributed by atoms with Crippen LogP contribution in [0.5, 0.6) is 5.75 Å². The van der Waals surface area contributed by atoms with Crippen LogP contribution in [-0.4, -0.2) is 16.1 Å². The van der Waals surface area contributed by atoms with E-state index in [1.807, 2.05) is 19.2 Å². The van der Waals surface area contributed by atoms with E-state index < -0.39 is 0 Å². The van der Waals surface area contributed by atoms with Crippen LogP contribution < -0.4 is 0 Å². The third-order valence-corrected chi connectivity index (χ3v) is 3.12. The maximum absolute atomic E-state index is 12.1. The molecular formula is C13H15NO2S. The smallest absolute Gasteiger partial charge is 0.176 e. The topological polar surface area (TPSA) is 61.1 Å². The first-order valence-corrected chi connectivity index (χ1v) is 6.30. The van der Waals surface area contributed by atoms with Gasteiger partial charge in [-0.2, -0.15) is 5.26 Å². The van der Waals surface area contributed by atoms with E-state index in [9.17, 15) is 4.79 Å². The average Bonchev–Trinajstić information content (AvgIpc) is 2.28. The first-order chi connectivity index (χ1) is 8.04. The molecule has 1 unspecified atom stereocenters. The van der Waals surface area contributed by atoms with Gasteiger partial charge in [-0.05, 0) is 48.4 Å². The Balaban J connectivity index is 2.84. The summed E-state index contributed by atoms with van der Waals surface area (Å²) in [6.07, 6.45) is 0.679. The lowest BCUT2D eigenvalue weighted by Gasteiger charge is -2.14. The van der Waals surface area contributed by atoms with Gasteiger partial charge >= 0.3 is 0 Å². The highest BCUT2D eigenvalue weighted by Crippen LogP contribution is 2.23. The van der Waals surface area contributed by atoms with E-state index in [0.29, 0.717) is 17.9 Å². The van der Waals surface area contributed by atoms with Crippen LogP contribution in [-0.2, 0) is 0 Å².